The molecule has 6 heteroatoms. The largest absolute Gasteiger partial charge is 0.335 e. The maximum atomic E-state index is 12.9. The van der Waals surface area contributed by atoms with E-state index < -0.39 is 6.04 Å². The molecule has 1 unspecified atom stereocenters. The fourth-order valence-corrected chi connectivity index (χ4v) is 3.58. The minimum atomic E-state index is -0.761. The number of benzene rings is 2. The summed E-state index contributed by atoms with van der Waals surface area (Å²) in [5.41, 5.74) is 3.54. The van der Waals surface area contributed by atoms with Gasteiger partial charge in [-0.15, -0.1) is 0 Å². The van der Waals surface area contributed by atoms with E-state index in [1.54, 1.807) is 26.1 Å². The normalized spacial score (nSPS) is 13.8. The van der Waals surface area contributed by atoms with E-state index in [2.05, 4.69) is 11.9 Å². The molecule has 1 aliphatic heterocycles. The molecule has 0 saturated carbocycles. The quantitative estimate of drug-likeness (QED) is 0.822. The molecule has 3 rings (SSSR count). The van der Waals surface area contributed by atoms with Crippen molar-refractivity contribution in [2.45, 2.75) is 26.3 Å². The average Bonchev–Trinajstić information content (AvgIpc) is 2.97. The number of nitrogens with one attached hydrogen (secondary N) is 1. The van der Waals surface area contributed by atoms with Crippen LogP contribution in [0.2, 0.25) is 0 Å². The van der Waals surface area contributed by atoms with Crippen LogP contribution in [0.15, 0.2) is 55.1 Å². The van der Waals surface area contributed by atoms with Gasteiger partial charge < -0.3 is 10.2 Å². The predicted molar refractivity (Wildman–Crippen MR) is 113 cm³/mol. The Bertz CT molecular complexity index is 948. The summed E-state index contributed by atoms with van der Waals surface area (Å²) in [7, 11) is 1.56. The lowest BCUT2D eigenvalue weighted by Gasteiger charge is -2.28. The van der Waals surface area contributed by atoms with Gasteiger partial charge in [-0.1, -0.05) is 49.9 Å². The second kappa shape index (κ2) is 8.31. The average molecular weight is 391 g/mol. The summed E-state index contributed by atoms with van der Waals surface area (Å²) in [6, 6.07) is 14.0. The number of aryl methyl sites for hydroxylation is 1. The molecule has 0 bridgehead atoms. The topological polar surface area (TPSA) is 69.7 Å². The number of rotatable bonds is 6. The van der Waals surface area contributed by atoms with E-state index in [1.807, 2.05) is 43.3 Å². The lowest BCUT2D eigenvalue weighted by Crippen LogP contribution is -2.47. The van der Waals surface area contributed by atoms with Gasteiger partial charge in [0, 0.05) is 29.6 Å². The van der Waals surface area contributed by atoms with Crippen molar-refractivity contribution in [1.29, 1.82) is 0 Å². The number of hydrogen-bond acceptors (Lipinski definition) is 3. The Morgan fingerprint density at radius 1 is 1.10 bits per heavy atom. The van der Waals surface area contributed by atoms with Crippen molar-refractivity contribution in [3.05, 3.63) is 71.8 Å². The van der Waals surface area contributed by atoms with Crippen LogP contribution in [-0.2, 0) is 16.0 Å². The number of para-hydroxylation sites is 1. The van der Waals surface area contributed by atoms with Crippen molar-refractivity contribution < 1.29 is 14.4 Å². The van der Waals surface area contributed by atoms with Crippen LogP contribution in [0.25, 0.3) is 5.70 Å². The number of carbonyl (C=O) groups excluding carboxylic acids is 3. The summed E-state index contributed by atoms with van der Waals surface area (Å²) < 4.78 is 0. The zero-order valence-electron chi connectivity index (χ0n) is 16.9. The number of carbonyl (C=O) groups is 3. The van der Waals surface area contributed by atoms with Crippen molar-refractivity contribution in [1.82, 2.24) is 9.80 Å². The van der Waals surface area contributed by atoms with Gasteiger partial charge in [0.15, 0.2) is 0 Å². The monoisotopic (exact) mass is 391 g/mol. The second-order valence-corrected chi connectivity index (χ2v) is 7.10. The molecule has 2 aromatic carbocycles. The van der Waals surface area contributed by atoms with Crippen LogP contribution in [0.3, 0.4) is 0 Å². The molecule has 0 saturated heterocycles. The molecule has 0 radical (unpaired) electrons. The third-order valence-corrected chi connectivity index (χ3v) is 5.15. The first-order valence-corrected chi connectivity index (χ1v) is 9.59. The third kappa shape index (κ3) is 3.92. The summed E-state index contributed by atoms with van der Waals surface area (Å²) in [6.07, 6.45) is 0.794. The maximum absolute atomic E-state index is 12.9. The van der Waals surface area contributed by atoms with E-state index in [0.29, 0.717) is 11.3 Å². The molecular weight excluding hydrogens is 366 g/mol. The first-order chi connectivity index (χ1) is 13.8. The van der Waals surface area contributed by atoms with Gasteiger partial charge in [-0.05, 0) is 31.0 Å². The minimum absolute atomic E-state index is 0.108. The van der Waals surface area contributed by atoms with Crippen molar-refractivity contribution in [2.75, 3.05) is 18.9 Å². The van der Waals surface area contributed by atoms with Gasteiger partial charge in [0.25, 0.3) is 5.91 Å². The van der Waals surface area contributed by atoms with Crippen LogP contribution >= 0.6 is 0 Å². The lowest BCUT2D eigenvalue weighted by atomic mass is 10.1. The maximum Gasteiger partial charge on any atom is 0.259 e. The molecule has 0 fully saturated rings. The van der Waals surface area contributed by atoms with Gasteiger partial charge in [0.2, 0.25) is 11.8 Å². The van der Waals surface area contributed by atoms with E-state index in [1.165, 1.54) is 9.80 Å². The molecular formula is C23H25N3O3. The van der Waals surface area contributed by atoms with E-state index in [9.17, 15) is 14.4 Å². The van der Waals surface area contributed by atoms with E-state index in [-0.39, 0.29) is 24.3 Å². The van der Waals surface area contributed by atoms with Crippen LogP contribution in [0, 0.1) is 0 Å². The summed E-state index contributed by atoms with van der Waals surface area (Å²) in [5.74, 6) is -0.865. The Balaban J connectivity index is 1.66. The van der Waals surface area contributed by atoms with Crippen molar-refractivity contribution in [3.63, 3.8) is 0 Å². The summed E-state index contributed by atoms with van der Waals surface area (Å²) in [6.45, 7) is 7.54. The molecule has 1 heterocycles. The molecule has 2 aromatic rings. The van der Waals surface area contributed by atoms with Gasteiger partial charge in [-0.25, -0.2) is 0 Å². The fraction of sp³-hybridized carbons (Fsp3) is 0.261. The molecule has 0 spiro atoms. The van der Waals surface area contributed by atoms with E-state index in [0.717, 1.165) is 23.2 Å². The standard InChI is InChI=1S/C23H25N3O3/c1-5-17-10-6-9-13-20(17)24-21(27)14-25(4)22(28)16(3)26-15(2)18-11-7-8-12-19(18)23(26)29/h6-13,16H,2,5,14H2,1,3-4H3,(H,24,27). The third-order valence-electron chi connectivity index (χ3n) is 5.15. The van der Waals surface area contributed by atoms with Gasteiger partial charge >= 0.3 is 0 Å². The molecule has 150 valence electrons. The highest BCUT2D eigenvalue weighted by atomic mass is 16.2. The van der Waals surface area contributed by atoms with Crippen LogP contribution in [0.4, 0.5) is 5.69 Å². The van der Waals surface area contributed by atoms with Crippen LogP contribution in [0.1, 0.15) is 35.3 Å². The number of amides is 3. The summed E-state index contributed by atoms with van der Waals surface area (Å²) in [5, 5.41) is 2.86. The van der Waals surface area contributed by atoms with Gasteiger partial charge in [0.05, 0.1) is 6.54 Å². The number of likely N-dealkylation sites (N-methyl/N-ethyl adjacent to an activating group) is 1. The highest BCUT2D eigenvalue weighted by molar-refractivity contribution is 6.11. The molecule has 6 nitrogen and oxygen atoms in total. The Morgan fingerprint density at radius 2 is 1.72 bits per heavy atom. The summed E-state index contributed by atoms with van der Waals surface area (Å²) >= 11 is 0. The number of fused-ring (bicyclic) bond motifs is 1. The number of nitrogens with zero attached hydrogens (tertiary/aromatic N) is 2. The smallest absolute Gasteiger partial charge is 0.259 e. The lowest BCUT2D eigenvalue weighted by molar-refractivity contribution is -0.136. The van der Waals surface area contributed by atoms with Gasteiger partial charge in [-0.3, -0.25) is 19.3 Å². The van der Waals surface area contributed by atoms with Crippen molar-refractivity contribution >= 4 is 29.1 Å². The number of hydrogen-bond donors (Lipinski definition) is 1. The molecule has 29 heavy (non-hydrogen) atoms. The van der Waals surface area contributed by atoms with Crippen LogP contribution in [-0.4, -0.2) is 47.2 Å². The predicted octanol–water partition coefficient (Wildman–Crippen LogP) is 3.16. The van der Waals surface area contributed by atoms with Crippen LogP contribution < -0.4 is 5.32 Å². The number of anilines is 1. The second-order valence-electron chi connectivity index (χ2n) is 7.10. The highest BCUT2D eigenvalue weighted by Crippen LogP contribution is 2.33. The Labute approximate surface area is 170 Å². The summed E-state index contributed by atoms with van der Waals surface area (Å²) in [4.78, 5) is 40.8. The van der Waals surface area contributed by atoms with Crippen LogP contribution in [0.5, 0.6) is 0 Å². The van der Waals surface area contributed by atoms with Gasteiger partial charge in [-0.2, -0.15) is 0 Å². The molecule has 1 aliphatic rings. The Hall–Kier alpha value is -3.41. The zero-order chi connectivity index (χ0) is 21.1. The van der Waals surface area contributed by atoms with Crippen molar-refractivity contribution in [2.24, 2.45) is 0 Å². The van der Waals surface area contributed by atoms with E-state index in [4.69, 9.17) is 0 Å². The Morgan fingerprint density at radius 3 is 2.38 bits per heavy atom. The molecule has 1 atom stereocenters. The molecule has 1 N–H and O–H groups in total. The highest BCUT2D eigenvalue weighted by Gasteiger charge is 2.37. The Kier molecular flexibility index (Phi) is 5.82. The SMILES string of the molecule is C=C1c2ccccc2C(=O)N1C(C)C(=O)N(C)CC(=O)Nc1ccccc1CC. The minimum Gasteiger partial charge on any atom is -0.335 e. The van der Waals surface area contributed by atoms with E-state index >= 15 is 0 Å². The van der Waals surface area contributed by atoms with Crippen molar-refractivity contribution in [3.8, 4) is 0 Å². The molecule has 3 amide bonds. The fourth-order valence-electron chi connectivity index (χ4n) is 3.58. The molecule has 0 aliphatic carbocycles. The zero-order valence-corrected chi connectivity index (χ0v) is 16.9. The first kappa shape index (κ1) is 20.3. The first-order valence-electron chi connectivity index (χ1n) is 9.59. The molecule has 0 aromatic heterocycles. The van der Waals surface area contributed by atoms with Gasteiger partial charge in [0.1, 0.15) is 6.04 Å².